The summed E-state index contributed by atoms with van der Waals surface area (Å²) in [6.45, 7) is 2.40. The predicted octanol–water partition coefficient (Wildman–Crippen LogP) is 1.68. The van der Waals surface area contributed by atoms with E-state index in [0.29, 0.717) is 6.61 Å². The second kappa shape index (κ2) is 8.82. The molecule has 1 aliphatic rings. The first-order valence-electron chi connectivity index (χ1n) is 7.68. The average molecular weight is 333 g/mol. The van der Waals surface area contributed by atoms with Gasteiger partial charge in [-0.1, -0.05) is 30.7 Å². The van der Waals surface area contributed by atoms with Crippen molar-refractivity contribution in [3.05, 3.63) is 23.8 Å². The highest BCUT2D eigenvalue weighted by atomic mass is 32.1. The van der Waals surface area contributed by atoms with E-state index in [1.165, 1.54) is 4.90 Å². The molecule has 23 heavy (non-hydrogen) atoms. The Morgan fingerprint density at radius 1 is 1.39 bits per heavy atom. The quantitative estimate of drug-likeness (QED) is 0.489. The molecule has 6 heteroatoms. The van der Waals surface area contributed by atoms with E-state index in [1.54, 1.807) is 11.4 Å². The van der Waals surface area contributed by atoms with Crippen LogP contribution in [0, 0.1) is 11.8 Å². The van der Waals surface area contributed by atoms with Gasteiger partial charge in [0.2, 0.25) is 6.41 Å². The maximum absolute atomic E-state index is 11.2. The minimum absolute atomic E-state index is 0.289. The molecule has 1 heterocycles. The molecule has 1 saturated heterocycles. The van der Waals surface area contributed by atoms with Crippen LogP contribution in [0.15, 0.2) is 18.2 Å². The van der Waals surface area contributed by atoms with Crippen LogP contribution in [0.5, 0.6) is 0 Å². The molecule has 1 fully saturated rings. The van der Waals surface area contributed by atoms with E-state index < -0.39 is 0 Å². The average Bonchev–Trinajstić information content (AvgIpc) is 2.58. The number of thiol groups is 1. The van der Waals surface area contributed by atoms with Gasteiger partial charge < -0.3 is 19.3 Å². The second-order valence-electron chi connectivity index (χ2n) is 5.48. The zero-order valence-electron chi connectivity index (χ0n) is 13.6. The number of nitrogens with one attached hydrogen (secondary N) is 1. The number of piperidine rings is 1. The van der Waals surface area contributed by atoms with Crippen LogP contribution < -0.4 is 14.5 Å². The molecular formula is C17H23N3O2S. The minimum atomic E-state index is 0.289. The van der Waals surface area contributed by atoms with Gasteiger partial charge in [0.1, 0.15) is 6.61 Å². The Kier molecular flexibility index (Phi) is 6.78. The Balaban J connectivity index is 2.11. The summed E-state index contributed by atoms with van der Waals surface area (Å²) in [6.07, 6.45) is 3.12. The highest BCUT2D eigenvalue weighted by Gasteiger charge is 2.14. The fourth-order valence-electron chi connectivity index (χ4n) is 2.57. The van der Waals surface area contributed by atoms with Crippen LogP contribution in [0.1, 0.15) is 18.4 Å². The maximum atomic E-state index is 11.2. The van der Waals surface area contributed by atoms with Crippen molar-refractivity contribution in [2.75, 3.05) is 43.0 Å². The number of para-hydroxylation sites is 1. The molecular weight excluding hydrogens is 310 g/mol. The third-order valence-corrected chi connectivity index (χ3v) is 3.99. The summed E-state index contributed by atoms with van der Waals surface area (Å²) in [6, 6.07) is 5.70. The normalized spacial score (nSPS) is 14.7. The Morgan fingerprint density at radius 2 is 2.13 bits per heavy atom. The zero-order chi connectivity index (χ0) is 16.7. The Bertz CT molecular complexity index is 589. The summed E-state index contributed by atoms with van der Waals surface area (Å²) >= 11 is 4.33. The van der Waals surface area contributed by atoms with Crippen molar-refractivity contribution in [3.8, 4) is 11.8 Å². The molecule has 0 aromatic heterocycles. The van der Waals surface area contributed by atoms with Gasteiger partial charge in [-0.2, -0.15) is 0 Å². The van der Waals surface area contributed by atoms with Crippen molar-refractivity contribution in [2.24, 2.45) is 0 Å². The lowest BCUT2D eigenvalue weighted by Crippen LogP contribution is -2.32. The molecule has 0 aliphatic carbocycles. The van der Waals surface area contributed by atoms with E-state index in [4.69, 9.17) is 4.74 Å². The van der Waals surface area contributed by atoms with Crippen molar-refractivity contribution in [1.29, 1.82) is 0 Å². The molecule has 2 rings (SSSR count). The molecule has 1 aromatic carbocycles. The van der Waals surface area contributed by atoms with Crippen LogP contribution in [-0.2, 0) is 9.53 Å². The van der Waals surface area contributed by atoms with Gasteiger partial charge in [-0.05, 0) is 38.1 Å². The summed E-state index contributed by atoms with van der Waals surface area (Å²) in [5, 5.41) is 3.31. The summed E-state index contributed by atoms with van der Waals surface area (Å²) in [5.74, 6) is 6.17. The van der Waals surface area contributed by atoms with Crippen molar-refractivity contribution in [1.82, 2.24) is 5.32 Å². The Labute approximate surface area is 143 Å². The van der Waals surface area contributed by atoms with Crippen LogP contribution in [0.3, 0.4) is 0 Å². The number of ether oxygens (including phenoxy) is 1. The molecule has 1 aliphatic heterocycles. The molecule has 0 spiro atoms. The van der Waals surface area contributed by atoms with E-state index in [1.807, 2.05) is 25.2 Å². The van der Waals surface area contributed by atoms with Gasteiger partial charge in [-0.3, -0.25) is 4.79 Å². The van der Waals surface area contributed by atoms with E-state index in [0.717, 1.165) is 49.3 Å². The zero-order valence-corrected chi connectivity index (χ0v) is 14.5. The van der Waals surface area contributed by atoms with Crippen molar-refractivity contribution in [3.63, 3.8) is 0 Å². The minimum Gasteiger partial charge on any atom is -0.365 e. The molecule has 0 unspecified atom stereocenters. The molecule has 0 saturated carbocycles. The van der Waals surface area contributed by atoms with Gasteiger partial charge in [0.05, 0.1) is 23.0 Å². The molecule has 5 nitrogen and oxygen atoms in total. The number of hydrogen-bond donors (Lipinski definition) is 2. The lowest BCUT2D eigenvalue weighted by Gasteiger charge is -2.22. The van der Waals surface area contributed by atoms with Crippen molar-refractivity contribution >= 4 is 30.6 Å². The SMILES string of the molecule is CN(S)c1cccc(C#CCOC2CCNCC2)c1N(C)C=O. The van der Waals surface area contributed by atoms with Crippen LogP contribution in [0.4, 0.5) is 11.4 Å². The third-order valence-electron chi connectivity index (χ3n) is 3.77. The van der Waals surface area contributed by atoms with Gasteiger partial charge in [-0.15, -0.1) is 0 Å². The fourth-order valence-corrected chi connectivity index (χ4v) is 2.73. The molecule has 0 radical (unpaired) electrons. The molecule has 124 valence electrons. The summed E-state index contributed by atoms with van der Waals surface area (Å²) in [5.41, 5.74) is 2.36. The molecule has 0 atom stereocenters. The van der Waals surface area contributed by atoms with E-state index >= 15 is 0 Å². The van der Waals surface area contributed by atoms with Crippen LogP contribution in [-0.4, -0.2) is 46.3 Å². The van der Waals surface area contributed by atoms with Crippen molar-refractivity contribution in [2.45, 2.75) is 18.9 Å². The lowest BCUT2D eigenvalue weighted by molar-refractivity contribution is -0.107. The Hall–Kier alpha value is -1.68. The van der Waals surface area contributed by atoms with E-state index in [-0.39, 0.29) is 6.10 Å². The maximum Gasteiger partial charge on any atom is 0.213 e. The first-order valence-corrected chi connectivity index (χ1v) is 8.08. The number of rotatable bonds is 5. The fraction of sp³-hybridized carbons (Fsp3) is 0.471. The van der Waals surface area contributed by atoms with Gasteiger partial charge in [0.15, 0.2) is 0 Å². The number of hydrogen-bond acceptors (Lipinski definition) is 5. The molecule has 1 amide bonds. The van der Waals surface area contributed by atoms with Gasteiger partial charge >= 0.3 is 0 Å². The summed E-state index contributed by atoms with van der Waals surface area (Å²) in [7, 11) is 3.53. The van der Waals surface area contributed by atoms with Crippen LogP contribution in [0.2, 0.25) is 0 Å². The van der Waals surface area contributed by atoms with E-state index in [2.05, 4.69) is 30.0 Å². The second-order valence-corrected chi connectivity index (χ2v) is 6.08. The predicted molar refractivity (Wildman–Crippen MR) is 97.0 cm³/mol. The number of carbonyl (C=O) groups is 1. The molecule has 1 aromatic rings. The third kappa shape index (κ3) is 4.90. The van der Waals surface area contributed by atoms with Gasteiger partial charge in [0.25, 0.3) is 0 Å². The lowest BCUT2D eigenvalue weighted by atomic mass is 10.1. The summed E-state index contributed by atoms with van der Waals surface area (Å²) < 4.78 is 7.46. The van der Waals surface area contributed by atoms with Crippen molar-refractivity contribution < 1.29 is 9.53 Å². The van der Waals surface area contributed by atoms with Crippen LogP contribution >= 0.6 is 12.8 Å². The molecule has 1 N–H and O–H groups in total. The van der Waals surface area contributed by atoms with Gasteiger partial charge in [-0.25, -0.2) is 0 Å². The first-order chi connectivity index (χ1) is 11.1. The van der Waals surface area contributed by atoms with E-state index in [9.17, 15) is 4.79 Å². The molecule has 0 bridgehead atoms. The summed E-state index contributed by atoms with van der Waals surface area (Å²) in [4.78, 5) is 12.7. The first kappa shape index (κ1) is 17.7. The number of carbonyl (C=O) groups excluding carboxylic acids is 1. The monoisotopic (exact) mass is 333 g/mol. The Morgan fingerprint density at radius 3 is 2.78 bits per heavy atom. The number of anilines is 2. The van der Waals surface area contributed by atoms with Gasteiger partial charge in [0, 0.05) is 14.1 Å². The largest absolute Gasteiger partial charge is 0.365 e. The number of amides is 1. The number of nitrogens with zero attached hydrogens (tertiary/aromatic N) is 2. The highest BCUT2D eigenvalue weighted by molar-refractivity contribution is 7.81. The number of benzene rings is 1. The highest BCUT2D eigenvalue weighted by Crippen LogP contribution is 2.31. The van der Waals surface area contributed by atoms with Crippen LogP contribution in [0.25, 0.3) is 0 Å². The standard InChI is InChI=1S/C17H23N3O2S/c1-19(13-21)17-14(5-3-7-16(17)20(2)23)6-4-12-22-15-8-10-18-11-9-15/h3,5,7,13,15,18,23H,8-12H2,1-2H3. The smallest absolute Gasteiger partial charge is 0.213 e. The topological polar surface area (TPSA) is 44.8 Å².